The molecule has 0 bridgehead atoms. The number of nitrogens with zero attached hydrogens (tertiary/aromatic N) is 1. The van der Waals surface area contributed by atoms with Crippen LogP contribution in [-0.2, 0) is 6.61 Å². The Balaban J connectivity index is 2.44. The number of nitro benzene ring substituents is 1. The minimum absolute atomic E-state index is 0.0622. The largest absolute Gasteiger partial charge is 0.450 e. The molecular formula is C13H9BrClNO4. The topological polar surface area (TPSA) is 72.6 Å². The summed E-state index contributed by atoms with van der Waals surface area (Å²) in [4.78, 5) is 10.4. The fourth-order valence-electron chi connectivity index (χ4n) is 1.59. The van der Waals surface area contributed by atoms with E-state index >= 15 is 0 Å². The lowest BCUT2D eigenvalue weighted by atomic mass is 10.2. The predicted octanol–water partition coefficient (Wildman–Crippen LogP) is 4.30. The molecule has 0 unspecified atom stereocenters. The summed E-state index contributed by atoms with van der Waals surface area (Å²) in [7, 11) is 0. The zero-order valence-corrected chi connectivity index (χ0v) is 12.4. The van der Waals surface area contributed by atoms with Gasteiger partial charge in [0.25, 0.3) is 0 Å². The molecule has 0 aliphatic heterocycles. The molecule has 0 fully saturated rings. The summed E-state index contributed by atoms with van der Waals surface area (Å²) in [6.07, 6.45) is 0. The van der Waals surface area contributed by atoms with Gasteiger partial charge < -0.3 is 9.84 Å². The van der Waals surface area contributed by atoms with Crippen LogP contribution in [0.2, 0.25) is 5.02 Å². The van der Waals surface area contributed by atoms with Gasteiger partial charge in [0, 0.05) is 21.1 Å². The molecule has 1 N–H and O–H groups in total. The monoisotopic (exact) mass is 357 g/mol. The summed E-state index contributed by atoms with van der Waals surface area (Å²) in [5.41, 5.74) is 0.291. The number of nitro groups is 1. The summed E-state index contributed by atoms with van der Waals surface area (Å²) in [6.45, 7) is -0.232. The normalized spacial score (nSPS) is 10.3. The van der Waals surface area contributed by atoms with Crippen molar-refractivity contribution < 1.29 is 14.8 Å². The van der Waals surface area contributed by atoms with Crippen molar-refractivity contribution in [2.24, 2.45) is 0 Å². The molecule has 0 aliphatic carbocycles. The van der Waals surface area contributed by atoms with Crippen LogP contribution in [0.1, 0.15) is 5.56 Å². The Bertz CT molecular complexity index is 663. The second-order valence-electron chi connectivity index (χ2n) is 3.88. The molecule has 104 valence electrons. The number of aliphatic hydroxyl groups is 1. The molecule has 2 aromatic rings. The van der Waals surface area contributed by atoms with E-state index in [-0.39, 0.29) is 23.1 Å². The van der Waals surface area contributed by atoms with Gasteiger partial charge >= 0.3 is 5.69 Å². The molecule has 0 saturated heterocycles. The van der Waals surface area contributed by atoms with Gasteiger partial charge in [0.2, 0.25) is 5.75 Å². The van der Waals surface area contributed by atoms with Crippen LogP contribution in [-0.4, -0.2) is 10.0 Å². The fraction of sp³-hybridized carbons (Fsp3) is 0.0769. The Morgan fingerprint density at radius 2 is 2.00 bits per heavy atom. The molecule has 0 aromatic heterocycles. The average molecular weight is 359 g/mol. The van der Waals surface area contributed by atoms with Crippen LogP contribution in [0, 0.1) is 10.1 Å². The first kappa shape index (κ1) is 14.8. The van der Waals surface area contributed by atoms with Crippen LogP contribution < -0.4 is 4.74 Å². The Labute approximate surface area is 128 Å². The molecule has 0 saturated carbocycles. The second kappa shape index (κ2) is 6.21. The summed E-state index contributed by atoms with van der Waals surface area (Å²) in [5.74, 6) is 0.402. The van der Waals surface area contributed by atoms with Gasteiger partial charge in [-0.3, -0.25) is 10.1 Å². The van der Waals surface area contributed by atoms with Gasteiger partial charge in [-0.2, -0.15) is 0 Å². The van der Waals surface area contributed by atoms with Gasteiger partial charge in [0.1, 0.15) is 5.75 Å². The van der Waals surface area contributed by atoms with Crippen LogP contribution in [0.15, 0.2) is 40.9 Å². The van der Waals surface area contributed by atoms with Gasteiger partial charge in [-0.05, 0) is 24.3 Å². The van der Waals surface area contributed by atoms with Crippen LogP contribution in [0.25, 0.3) is 0 Å². The van der Waals surface area contributed by atoms with Crippen LogP contribution in [0.5, 0.6) is 11.5 Å². The highest BCUT2D eigenvalue weighted by Crippen LogP contribution is 2.35. The molecule has 0 spiro atoms. The van der Waals surface area contributed by atoms with Gasteiger partial charge in [-0.25, -0.2) is 0 Å². The van der Waals surface area contributed by atoms with E-state index in [0.29, 0.717) is 11.3 Å². The van der Waals surface area contributed by atoms with Gasteiger partial charge in [0.05, 0.1) is 11.5 Å². The molecule has 2 rings (SSSR count). The number of ether oxygens (including phenoxy) is 1. The van der Waals surface area contributed by atoms with E-state index in [4.69, 9.17) is 16.3 Å². The van der Waals surface area contributed by atoms with E-state index in [2.05, 4.69) is 15.9 Å². The number of hydrogen-bond donors (Lipinski definition) is 1. The molecule has 0 radical (unpaired) electrons. The van der Waals surface area contributed by atoms with E-state index < -0.39 is 4.92 Å². The third-order valence-electron chi connectivity index (χ3n) is 2.54. The third kappa shape index (κ3) is 3.27. The predicted molar refractivity (Wildman–Crippen MR) is 78.2 cm³/mol. The smallest absolute Gasteiger partial charge is 0.313 e. The summed E-state index contributed by atoms with van der Waals surface area (Å²) in [6, 6.07) is 9.18. The Hall–Kier alpha value is -1.63. The molecule has 0 amide bonds. The molecule has 20 heavy (non-hydrogen) atoms. The lowest BCUT2D eigenvalue weighted by molar-refractivity contribution is -0.385. The van der Waals surface area contributed by atoms with Gasteiger partial charge in [-0.1, -0.05) is 33.6 Å². The van der Waals surface area contributed by atoms with Gasteiger partial charge in [-0.15, -0.1) is 0 Å². The molecule has 0 atom stereocenters. The van der Waals surface area contributed by atoms with E-state index in [0.717, 1.165) is 4.47 Å². The molecule has 2 aromatic carbocycles. The molecule has 7 heteroatoms. The van der Waals surface area contributed by atoms with E-state index in [1.54, 1.807) is 18.2 Å². The number of aliphatic hydroxyl groups excluding tert-OH is 1. The van der Waals surface area contributed by atoms with Crippen LogP contribution in [0.3, 0.4) is 0 Å². The highest BCUT2D eigenvalue weighted by atomic mass is 79.9. The second-order valence-corrected chi connectivity index (χ2v) is 5.23. The quantitative estimate of drug-likeness (QED) is 0.653. The number of hydrogen-bond acceptors (Lipinski definition) is 4. The Kier molecular flexibility index (Phi) is 4.59. The van der Waals surface area contributed by atoms with E-state index in [1.165, 1.54) is 18.2 Å². The van der Waals surface area contributed by atoms with Gasteiger partial charge in [0.15, 0.2) is 0 Å². The minimum atomic E-state index is -0.572. The maximum Gasteiger partial charge on any atom is 0.313 e. The first-order chi connectivity index (χ1) is 9.51. The first-order valence-electron chi connectivity index (χ1n) is 5.52. The molecular weight excluding hydrogens is 350 g/mol. The highest BCUT2D eigenvalue weighted by molar-refractivity contribution is 9.10. The zero-order valence-electron chi connectivity index (χ0n) is 10.0. The summed E-state index contributed by atoms with van der Waals surface area (Å²) in [5, 5.41) is 20.5. The van der Waals surface area contributed by atoms with Crippen molar-refractivity contribution in [1.29, 1.82) is 0 Å². The van der Waals surface area contributed by atoms with Crippen LogP contribution in [0.4, 0.5) is 5.69 Å². The van der Waals surface area contributed by atoms with Crippen molar-refractivity contribution in [3.05, 3.63) is 61.6 Å². The first-order valence-corrected chi connectivity index (χ1v) is 6.69. The number of rotatable bonds is 4. The highest BCUT2D eigenvalue weighted by Gasteiger charge is 2.17. The van der Waals surface area contributed by atoms with Crippen molar-refractivity contribution in [2.45, 2.75) is 6.61 Å². The van der Waals surface area contributed by atoms with E-state index in [9.17, 15) is 15.2 Å². The standard InChI is InChI=1S/C13H9BrClNO4/c14-9-2-1-8(7-17)13(5-9)20-12-4-3-10(15)6-11(12)16(18)19/h1-6,17H,7H2. The van der Waals surface area contributed by atoms with E-state index in [1.807, 2.05) is 0 Å². The zero-order chi connectivity index (χ0) is 14.7. The molecule has 5 nitrogen and oxygen atoms in total. The SMILES string of the molecule is O=[N+]([O-])c1cc(Cl)ccc1Oc1cc(Br)ccc1CO. The fourth-order valence-corrected chi connectivity index (χ4v) is 2.10. The Morgan fingerprint density at radius 3 is 2.65 bits per heavy atom. The number of halogens is 2. The van der Waals surface area contributed by atoms with Crippen molar-refractivity contribution in [3.63, 3.8) is 0 Å². The lowest BCUT2D eigenvalue weighted by Gasteiger charge is -2.10. The minimum Gasteiger partial charge on any atom is -0.450 e. The summed E-state index contributed by atoms with van der Waals surface area (Å²) < 4.78 is 6.28. The maximum absolute atomic E-state index is 11.0. The average Bonchev–Trinajstić information content (AvgIpc) is 2.41. The lowest BCUT2D eigenvalue weighted by Crippen LogP contribution is -1.96. The maximum atomic E-state index is 11.0. The molecule has 0 aliphatic rings. The number of benzene rings is 2. The van der Waals surface area contributed by atoms with Crippen molar-refractivity contribution in [3.8, 4) is 11.5 Å². The van der Waals surface area contributed by atoms with Crippen molar-refractivity contribution in [1.82, 2.24) is 0 Å². The van der Waals surface area contributed by atoms with Crippen LogP contribution >= 0.6 is 27.5 Å². The summed E-state index contributed by atoms with van der Waals surface area (Å²) >= 11 is 9.02. The van der Waals surface area contributed by atoms with Crippen molar-refractivity contribution in [2.75, 3.05) is 0 Å². The van der Waals surface area contributed by atoms with Crippen molar-refractivity contribution >= 4 is 33.2 Å². The Morgan fingerprint density at radius 1 is 1.25 bits per heavy atom. The molecule has 0 heterocycles. The third-order valence-corrected chi connectivity index (χ3v) is 3.27.